The molecule has 2 aromatic rings. The molecule has 152 valence electrons. The van der Waals surface area contributed by atoms with E-state index in [9.17, 15) is 14.4 Å². The van der Waals surface area contributed by atoms with Crippen LogP contribution < -0.4 is 5.32 Å². The van der Waals surface area contributed by atoms with Gasteiger partial charge in [0, 0.05) is 19.5 Å². The number of para-hydroxylation sites is 1. The van der Waals surface area contributed by atoms with Crippen molar-refractivity contribution in [2.75, 3.05) is 25.0 Å². The van der Waals surface area contributed by atoms with E-state index in [1.165, 1.54) is 5.56 Å². The molecule has 6 nitrogen and oxygen atoms in total. The van der Waals surface area contributed by atoms with Crippen LogP contribution >= 0.6 is 0 Å². The molecule has 0 aromatic heterocycles. The molecule has 2 aromatic carbocycles. The molecule has 0 radical (unpaired) electrons. The van der Waals surface area contributed by atoms with Gasteiger partial charge in [-0.15, -0.1) is 0 Å². The molecule has 1 heterocycles. The molecule has 3 rings (SSSR count). The van der Waals surface area contributed by atoms with Crippen LogP contribution in [-0.4, -0.2) is 42.4 Å². The Hall–Kier alpha value is -3.15. The molecular weight excluding hydrogens is 368 g/mol. The number of amides is 2. The van der Waals surface area contributed by atoms with Gasteiger partial charge in [0.15, 0.2) is 0 Å². The molecule has 1 saturated heterocycles. The predicted octanol–water partition coefficient (Wildman–Crippen LogP) is 3.28. The van der Waals surface area contributed by atoms with Gasteiger partial charge in [-0.2, -0.15) is 0 Å². The lowest BCUT2D eigenvalue weighted by atomic mass is 10.1. The highest BCUT2D eigenvalue weighted by molar-refractivity contribution is 6.03. The van der Waals surface area contributed by atoms with E-state index in [1.54, 1.807) is 36.1 Å². The highest BCUT2D eigenvalue weighted by atomic mass is 16.5. The number of aryl methyl sites for hydroxylation is 1. The van der Waals surface area contributed by atoms with E-state index in [-0.39, 0.29) is 24.8 Å². The van der Waals surface area contributed by atoms with Gasteiger partial charge in [0.1, 0.15) is 0 Å². The summed E-state index contributed by atoms with van der Waals surface area (Å²) >= 11 is 0. The number of hydrogen-bond acceptors (Lipinski definition) is 4. The summed E-state index contributed by atoms with van der Waals surface area (Å²) in [6.07, 6.45) is 1.95. The molecule has 6 heteroatoms. The number of likely N-dealkylation sites (tertiary alicyclic amines) is 1. The number of anilines is 1. The second-order valence-corrected chi connectivity index (χ2v) is 7.09. The number of benzene rings is 2. The smallest absolute Gasteiger partial charge is 0.340 e. The molecule has 1 unspecified atom stereocenters. The Balaban J connectivity index is 1.55. The van der Waals surface area contributed by atoms with Gasteiger partial charge in [0.2, 0.25) is 11.8 Å². The van der Waals surface area contributed by atoms with Crippen molar-refractivity contribution in [2.24, 2.45) is 5.92 Å². The number of carbonyl (C=O) groups excluding carboxylic acids is 3. The Morgan fingerprint density at radius 1 is 1.10 bits per heavy atom. The SMILES string of the molecule is CCOC(=O)c1ccccc1NC(=O)C1CC(=O)N(CCCc2ccccc2)C1. The number of nitrogens with zero attached hydrogens (tertiary/aromatic N) is 1. The summed E-state index contributed by atoms with van der Waals surface area (Å²) in [5.74, 6) is -1.15. The number of esters is 1. The molecule has 1 aliphatic heterocycles. The van der Waals surface area contributed by atoms with E-state index in [1.807, 2.05) is 18.2 Å². The van der Waals surface area contributed by atoms with Gasteiger partial charge in [0.05, 0.1) is 23.8 Å². The number of hydrogen-bond donors (Lipinski definition) is 1. The van der Waals surface area contributed by atoms with Crippen LogP contribution in [0.2, 0.25) is 0 Å². The normalized spacial score (nSPS) is 16.0. The van der Waals surface area contributed by atoms with Crippen LogP contribution in [0.4, 0.5) is 5.69 Å². The zero-order valence-corrected chi connectivity index (χ0v) is 16.6. The molecule has 0 saturated carbocycles. The zero-order chi connectivity index (χ0) is 20.6. The van der Waals surface area contributed by atoms with Gasteiger partial charge in [0.25, 0.3) is 0 Å². The van der Waals surface area contributed by atoms with Crippen molar-refractivity contribution in [1.29, 1.82) is 0 Å². The van der Waals surface area contributed by atoms with Crippen LogP contribution in [0.15, 0.2) is 54.6 Å². The summed E-state index contributed by atoms with van der Waals surface area (Å²) < 4.78 is 5.04. The Morgan fingerprint density at radius 3 is 2.59 bits per heavy atom. The minimum Gasteiger partial charge on any atom is -0.462 e. The van der Waals surface area contributed by atoms with Crippen molar-refractivity contribution in [3.05, 3.63) is 65.7 Å². The Labute approximate surface area is 170 Å². The van der Waals surface area contributed by atoms with Crippen LogP contribution in [0.5, 0.6) is 0 Å². The second kappa shape index (κ2) is 9.87. The van der Waals surface area contributed by atoms with Gasteiger partial charge >= 0.3 is 5.97 Å². The summed E-state index contributed by atoms with van der Waals surface area (Å²) in [6, 6.07) is 16.9. The molecular formula is C23H26N2O4. The second-order valence-electron chi connectivity index (χ2n) is 7.09. The molecule has 1 aliphatic rings. The summed E-state index contributed by atoms with van der Waals surface area (Å²) in [5.41, 5.74) is 1.96. The third kappa shape index (κ3) is 5.44. The number of nitrogens with one attached hydrogen (secondary N) is 1. The fourth-order valence-corrected chi connectivity index (χ4v) is 3.50. The first kappa shape index (κ1) is 20.6. The number of rotatable bonds is 8. The van der Waals surface area contributed by atoms with Crippen LogP contribution in [0, 0.1) is 5.92 Å². The van der Waals surface area contributed by atoms with E-state index in [4.69, 9.17) is 4.74 Å². The Kier molecular flexibility index (Phi) is 7.00. The zero-order valence-electron chi connectivity index (χ0n) is 16.6. The predicted molar refractivity (Wildman–Crippen MR) is 110 cm³/mol. The first-order valence-corrected chi connectivity index (χ1v) is 9.97. The van der Waals surface area contributed by atoms with Gasteiger partial charge in [-0.25, -0.2) is 4.79 Å². The van der Waals surface area contributed by atoms with E-state index in [0.717, 1.165) is 12.8 Å². The van der Waals surface area contributed by atoms with Crippen molar-refractivity contribution in [2.45, 2.75) is 26.2 Å². The monoisotopic (exact) mass is 394 g/mol. The van der Waals surface area contributed by atoms with Crippen LogP contribution in [0.3, 0.4) is 0 Å². The van der Waals surface area contributed by atoms with Crippen LogP contribution in [0.1, 0.15) is 35.7 Å². The van der Waals surface area contributed by atoms with E-state index in [0.29, 0.717) is 24.3 Å². The largest absolute Gasteiger partial charge is 0.462 e. The summed E-state index contributed by atoms with van der Waals surface area (Å²) in [4.78, 5) is 38.8. The van der Waals surface area contributed by atoms with E-state index in [2.05, 4.69) is 17.4 Å². The van der Waals surface area contributed by atoms with Crippen molar-refractivity contribution < 1.29 is 19.1 Å². The van der Waals surface area contributed by atoms with Crippen LogP contribution in [-0.2, 0) is 20.7 Å². The maximum absolute atomic E-state index is 12.7. The standard InChI is InChI=1S/C23H26N2O4/c1-2-29-23(28)19-12-6-7-13-20(19)24-22(27)18-15-21(26)25(16-18)14-8-11-17-9-4-3-5-10-17/h3-7,9-10,12-13,18H,2,8,11,14-16H2,1H3,(H,24,27). The quantitative estimate of drug-likeness (QED) is 0.697. The average Bonchev–Trinajstić information content (AvgIpc) is 3.10. The molecule has 0 bridgehead atoms. The fraction of sp³-hybridized carbons (Fsp3) is 0.348. The van der Waals surface area contributed by atoms with Crippen LogP contribution in [0.25, 0.3) is 0 Å². The minimum absolute atomic E-state index is 0.00288. The first-order chi connectivity index (χ1) is 14.1. The molecule has 0 spiro atoms. The van der Waals surface area contributed by atoms with E-state index < -0.39 is 11.9 Å². The highest BCUT2D eigenvalue weighted by Crippen LogP contribution is 2.22. The fourth-order valence-electron chi connectivity index (χ4n) is 3.50. The topological polar surface area (TPSA) is 75.7 Å². The number of carbonyl (C=O) groups is 3. The van der Waals surface area contributed by atoms with Gasteiger partial charge in [-0.1, -0.05) is 42.5 Å². The minimum atomic E-state index is -0.478. The third-order valence-electron chi connectivity index (χ3n) is 5.00. The lowest BCUT2D eigenvalue weighted by Crippen LogP contribution is -2.29. The van der Waals surface area contributed by atoms with Gasteiger partial charge in [-0.05, 0) is 37.5 Å². The Bertz CT molecular complexity index is 866. The van der Waals surface area contributed by atoms with E-state index >= 15 is 0 Å². The summed E-state index contributed by atoms with van der Waals surface area (Å²) in [5, 5.41) is 2.80. The maximum atomic E-state index is 12.7. The molecule has 1 fully saturated rings. The summed E-state index contributed by atoms with van der Waals surface area (Å²) in [7, 11) is 0. The highest BCUT2D eigenvalue weighted by Gasteiger charge is 2.34. The first-order valence-electron chi connectivity index (χ1n) is 9.97. The average molecular weight is 394 g/mol. The number of ether oxygens (including phenoxy) is 1. The molecule has 0 aliphatic carbocycles. The Morgan fingerprint density at radius 2 is 1.83 bits per heavy atom. The van der Waals surface area contributed by atoms with Gasteiger partial charge in [-0.3, -0.25) is 9.59 Å². The van der Waals surface area contributed by atoms with Crippen molar-refractivity contribution in [1.82, 2.24) is 4.90 Å². The molecule has 29 heavy (non-hydrogen) atoms. The van der Waals surface area contributed by atoms with Gasteiger partial charge < -0.3 is 15.0 Å². The van der Waals surface area contributed by atoms with Crippen molar-refractivity contribution in [3.8, 4) is 0 Å². The molecule has 1 N–H and O–H groups in total. The summed E-state index contributed by atoms with van der Waals surface area (Å²) in [6.45, 7) is 3.03. The third-order valence-corrected chi connectivity index (χ3v) is 5.00. The van der Waals surface area contributed by atoms with Crippen molar-refractivity contribution >= 4 is 23.5 Å². The lowest BCUT2D eigenvalue weighted by molar-refractivity contribution is -0.128. The molecule has 1 atom stereocenters. The van der Waals surface area contributed by atoms with Crippen molar-refractivity contribution in [3.63, 3.8) is 0 Å². The molecule has 2 amide bonds. The lowest BCUT2D eigenvalue weighted by Gasteiger charge is -2.17. The maximum Gasteiger partial charge on any atom is 0.340 e.